The van der Waals surface area contributed by atoms with Gasteiger partial charge in [0.25, 0.3) is 0 Å². The van der Waals surface area contributed by atoms with E-state index in [1.807, 2.05) is 13.1 Å². The zero-order valence-corrected chi connectivity index (χ0v) is 11.0. The molecule has 0 radical (unpaired) electrons. The molecule has 0 heterocycles. The van der Waals surface area contributed by atoms with Crippen LogP contribution in [-0.4, -0.2) is 7.05 Å². The first kappa shape index (κ1) is 12.5. The molecule has 82 valence electrons. The van der Waals surface area contributed by atoms with Gasteiger partial charge in [-0.15, -0.1) is 6.58 Å². The van der Waals surface area contributed by atoms with Crippen LogP contribution >= 0.6 is 15.9 Å². The summed E-state index contributed by atoms with van der Waals surface area (Å²) in [6.45, 7) is 5.91. The maximum absolute atomic E-state index is 3.76. The molecule has 0 fully saturated rings. The number of hydrogen-bond acceptors (Lipinski definition) is 1. The van der Waals surface area contributed by atoms with E-state index >= 15 is 0 Å². The van der Waals surface area contributed by atoms with Crippen molar-refractivity contribution in [3.8, 4) is 0 Å². The Morgan fingerprint density at radius 2 is 2.27 bits per heavy atom. The van der Waals surface area contributed by atoms with Gasteiger partial charge in [-0.25, -0.2) is 0 Å². The maximum Gasteiger partial charge on any atom is 0.0323 e. The molecule has 2 heteroatoms. The quantitative estimate of drug-likeness (QED) is 0.796. The third kappa shape index (κ3) is 3.18. The number of nitrogens with one attached hydrogen (secondary N) is 1. The van der Waals surface area contributed by atoms with Crippen molar-refractivity contribution in [3.05, 3.63) is 46.5 Å². The molecule has 0 aliphatic rings. The molecule has 1 unspecified atom stereocenters. The second kappa shape index (κ2) is 6.09. The van der Waals surface area contributed by atoms with Crippen LogP contribution in [0.3, 0.4) is 0 Å². The predicted octanol–water partition coefficient (Wildman–Crippen LogP) is 3.98. The lowest BCUT2D eigenvalue weighted by Gasteiger charge is -2.18. The highest BCUT2D eigenvalue weighted by Gasteiger charge is 2.11. The van der Waals surface area contributed by atoms with Crippen LogP contribution in [-0.2, 0) is 0 Å². The van der Waals surface area contributed by atoms with Crippen molar-refractivity contribution >= 4 is 15.9 Å². The molecule has 15 heavy (non-hydrogen) atoms. The van der Waals surface area contributed by atoms with E-state index in [1.54, 1.807) is 0 Å². The summed E-state index contributed by atoms with van der Waals surface area (Å²) in [5, 5.41) is 3.35. The van der Waals surface area contributed by atoms with E-state index in [0.717, 1.165) is 12.8 Å². The molecular formula is C13H18BrN. The molecule has 1 atom stereocenters. The standard InChI is InChI=1S/C13H18BrN/c1-4-5-9-13(15-3)11-7-6-8-12(14)10(11)2/h4,6-8,13,15H,1,5,9H2,2-3H3. The molecule has 0 aliphatic carbocycles. The van der Waals surface area contributed by atoms with Crippen LogP contribution in [0.25, 0.3) is 0 Å². The highest BCUT2D eigenvalue weighted by molar-refractivity contribution is 9.10. The summed E-state index contributed by atoms with van der Waals surface area (Å²) in [5.74, 6) is 0. The van der Waals surface area contributed by atoms with Crippen molar-refractivity contribution in [3.63, 3.8) is 0 Å². The predicted molar refractivity (Wildman–Crippen MR) is 70.1 cm³/mol. The van der Waals surface area contributed by atoms with Gasteiger partial charge in [0.05, 0.1) is 0 Å². The van der Waals surface area contributed by atoms with Crippen molar-refractivity contribution in [1.29, 1.82) is 0 Å². The van der Waals surface area contributed by atoms with Gasteiger partial charge in [0.15, 0.2) is 0 Å². The highest BCUT2D eigenvalue weighted by Crippen LogP contribution is 2.26. The van der Waals surface area contributed by atoms with E-state index in [1.165, 1.54) is 15.6 Å². The summed E-state index contributed by atoms with van der Waals surface area (Å²) < 4.78 is 1.18. The summed E-state index contributed by atoms with van der Waals surface area (Å²) in [6, 6.07) is 6.77. The van der Waals surface area contributed by atoms with Gasteiger partial charge in [-0.3, -0.25) is 0 Å². The van der Waals surface area contributed by atoms with Crippen molar-refractivity contribution < 1.29 is 0 Å². The third-order valence-electron chi connectivity index (χ3n) is 2.69. The molecule has 0 saturated heterocycles. The topological polar surface area (TPSA) is 12.0 Å². The molecule has 0 aliphatic heterocycles. The number of rotatable bonds is 5. The van der Waals surface area contributed by atoms with Gasteiger partial charge in [0.1, 0.15) is 0 Å². The molecule has 1 aromatic rings. The van der Waals surface area contributed by atoms with Crippen LogP contribution in [0.5, 0.6) is 0 Å². The SMILES string of the molecule is C=CCCC(NC)c1cccc(Br)c1C. The smallest absolute Gasteiger partial charge is 0.0323 e. The van der Waals surface area contributed by atoms with E-state index in [0.29, 0.717) is 6.04 Å². The van der Waals surface area contributed by atoms with Gasteiger partial charge in [-0.05, 0) is 44.0 Å². The Labute approximate surface area is 101 Å². The zero-order valence-electron chi connectivity index (χ0n) is 9.39. The van der Waals surface area contributed by atoms with Gasteiger partial charge in [-0.1, -0.05) is 34.1 Å². The molecule has 0 aromatic heterocycles. The van der Waals surface area contributed by atoms with E-state index in [4.69, 9.17) is 0 Å². The normalized spacial score (nSPS) is 12.5. The van der Waals surface area contributed by atoms with Gasteiger partial charge < -0.3 is 5.32 Å². The monoisotopic (exact) mass is 267 g/mol. The Morgan fingerprint density at radius 3 is 2.87 bits per heavy atom. The largest absolute Gasteiger partial charge is 0.313 e. The lowest BCUT2D eigenvalue weighted by molar-refractivity contribution is 0.552. The summed E-state index contributed by atoms with van der Waals surface area (Å²) in [6.07, 6.45) is 4.10. The lowest BCUT2D eigenvalue weighted by Crippen LogP contribution is -2.17. The van der Waals surface area contributed by atoms with Crippen LogP contribution in [0, 0.1) is 6.92 Å². The second-order valence-corrected chi connectivity index (χ2v) is 4.52. The molecule has 0 saturated carbocycles. The lowest BCUT2D eigenvalue weighted by atomic mass is 9.98. The molecule has 0 bridgehead atoms. The molecular weight excluding hydrogens is 250 g/mol. The van der Waals surface area contributed by atoms with Crippen LogP contribution in [0.1, 0.15) is 30.0 Å². The maximum atomic E-state index is 3.76. The van der Waals surface area contributed by atoms with E-state index < -0.39 is 0 Å². The molecule has 0 spiro atoms. The summed E-state index contributed by atoms with van der Waals surface area (Å²) in [7, 11) is 2.01. The zero-order chi connectivity index (χ0) is 11.3. The Balaban J connectivity index is 2.90. The highest BCUT2D eigenvalue weighted by atomic mass is 79.9. The minimum Gasteiger partial charge on any atom is -0.313 e. The van der Waals surface area contributed by atoms with Crippen molar-refractivity contribution in [1.82, 2.24) is 5.32 Å². The Morgan fingerprint density at radius 1 is 1.53 bits per heavy atom. The Hall–Kier alpha value is -0.600. The van der Waals surface area contributed by atoms with Crippen LogP contribution in [0.2, 0.25) is 0 Å². The summed E-state index contributed by atoms with van der Waals surface area (Å²) in [5.41, 5.74) is 2.69. The summed E-state index contributed by atoms with van der Waals surface area (Å²) in [4.78, 5) is 0. The third-order valence-corrected chi connectivity index (χ3v) is 3.55. The molecule has 1 N–H and O–H groups in total. The fourth-order valence-electron chi connectivity index (χ4n) is 1.74. The Kier molecular flexibility index (Phi) is 5.06. The fraction of sp³-hybridized carbons (Fsp3) is 0.385. The van der Waals surface area contributed by atoms with Gasteiger partial charge in [-0.2, -0.15) is 0 Å². The van der Waals surface area contributed by atoms with E-state index in [2.05, 4.69) is 52.9 Å². The van der Waals surface area contributed by atoms with E-state index in [-0.39, 0.29) is 0 Å². The molecule has 1 nitrogen and oxygen atoms in total. The van der Waals surface area contributed by atoms with Crippen LogP contribution in [0.4, 0.5) is 0 Å². The van der Waals surface area contributed by atoms with Gasteiger partial charge in [0.2, 0.25) is 0 Å². The number of halogens is 1. The number of benzene rings is 1. The van der Waals surface area contributed by atoms with Crippen molar-refractivity contribution in [2.45, 2.75) is 25.8 Å². The summed E-state index contributed by atoms with van der Waals surface area (Å²) >= 11 is 3.56. The Bertz CT molecular complexity index is 333. The minimum absolute atomic E-state index is 0.417. The van der Waals surface area contributed by atoms with Gasteiger partial charge in [0, 0.05) is 10.5 Å². The van der Waals surface area contributed by atoms with Crippen molar-refractivity contribution in [2.75, 3.05) is 7.05 Å². The average molecular weight is 268 g/mol. The van der Waals surface area contributed by atoms with Crippen LogP contribution in [0.15, 0.2) is 35.3 Å². The molecule has 1 aromatic carbocycles. The minimum atomic E-state index is 0.417. The van der Waals surface area contributed by atoms with Crippen molar-refractivity contribution in [2.24, 2.45) is 0 Å². The molecule has 1 rings (SSSR count). The van der Waals surface area contributed by atoms with Crippen LogP contribution < -0.4 is 5.32 Å². The second-order valence-electron chi connectivity index (χ2n) is 3.66. The first-order chi connectivity index (χ1) is 7.20. The van der Waals surface area contributed by atoms with Gasteiger partial charge >= 0.3 is 0 Å². The van der Waals surface area contributed by atoms with E-state index in [9.17, 15) is 0 Å². The average Bonchev–Trinajstić information content (AvgIpc) is 2.25. The first-order valence-electron chi connectivity index (χ1n) is 5.24. The number of hydrogen-bond donors (Lipinski definition) is 1. The first-order valence-corrected chi connectivity index (χ1v) is 6.03. The molecule has 0 amide bonds. The number of allylic oxidation sites excluding steroid dienone is 1. The fourth-order valence-corrected chi connectivity index (χ4v) is 2.12.